The summed E-state index contributed by atoms with van der Waals surface area (Å²) in [6.07, 6.45) is 1.74. The fraction of sp³-hybridized carbons (Fsp3) is 0. The van der Waals surface area contributed by atoms with E-state index in [4.69, 9.17) is 23.2 Å². The van der Waals surface area contributed by atoms with Crippen molar-refractivity contribution in [3.05, 3.63) is 81.2 Å². The van der Waals surface area contributed by atoms with E-state index in [0.29, 0.717) is 20.1 Å². The zero-order chi connectivity index (χ0) is 18.1. The van der Waals surface area contributed by atoms with Gasteiger partial charge in [-0.25, -0.2) is 4.99 Å². The summed E-state index contributed by atoms with van der Waals surface area (Å²) in [5.74, 6) is -0.194. The van der Waals surface area contributed by atoms with Gasteiger partial charge in [0, 0.05) is 15.4 Å². The lowest BCUT2D eigenvalue weighted by Crippen LogP contribution is -2.19. The smallest absolute Gasteiger partial charge is 0.264 e. The predicted molar refractivity (Wildman–Crippen MR) is 111 cm³/mol. The Bertz CT molecular complexity index is 1090. The van der Waals surface area contributed by atoms with Gasteiger partial charge in [0.1, 0.15) is 0 Å². The van der Waals surface area contributed by atoms with E-state index in [9.17, 15) is 4.79 Å². The maximum Gasteiger partial charge on any atom is 0.264 e. The van der Waals surface area contributed by atoms with Crippen LogP contribution >= 0.6 is 35.0 Å². The molecule has 1 saturated heterocycles. The molecule has 4 rings (SSSR count). The molecule has 1 fully saturated rings. The van der Waals surface area contributed by atoms with Crippen LogP contribution in [-0.2, 0) is 4.79 Å². The molecular formula is C20H12Cl2N2OS. The summed E-state index contributed by atoms with van der Waals surface area (Å²) in [6, 6.07) is 19.1. The number of benzene rings is 3. The van der Waals surface area contributed by atoms with Crippen LogP contribution in [0.4, 0.5) is 5.69 Å². The molecule has 6 heteroatoms. The molecule has 1 amide bonds. The van der Waals surface area contributed by atoms with Gasteiger partial charge in [-0.15, -0.1) is 0 Å². The number of hydrogen-bond acceptors (Lipinski definition) is 3. The first kappa shape index (κ1) is 17.2. The van der Waals surface area contributed by atoms with E-state index in [1.165, 1.54) is 11.8 Å². The molecule has 0 aliphatic carbocycles. The lowest BCUT2D eigenvalue weighted by Gasteiger charge is -2.02. The van der Waals surface area contributed by atoms with Crippen molar-refractivity contribution in [1.29, 1.82) is 0 Å². The van der Waals surface area contributed by atoms with Crippen molar-refractivity contribution >= 4 is 68.6 Å². The van der Waals surface area contributed by atoms with Crippen molar-refractivity contribution in [2.75, 3.05) is 0 Å². The molecule has 1 heterocycles. The highest BCUT2D eigenvalue weighted by Crippen LogP contribution is 2.32. The Hall–Kier alpha value is -2.27. The minimum Gasteiger partial charge on any atom is -0.300 e. The molecule has 0 aromatic heterocycles. The van der Waals surface area contributed by atoms with Crippen LogP contribution in [0, 0.1) is 0 Å². The van der Waals surface area contributed by atoms with Gasteiger partial charge < -0.3 is 5.32 Å². The van der Waals surface area contributed by atoms with Gasteiger partial charge in [0.05, 0.1) is 10.6 Å². The number of nitrogens with one attached hydrogen (secondary N) is 1. The van der Waals surface area contributed by atoms with Gasteiger partial charge in [-0.05, 0) is 47.0 Å². The highest BCUT2D eigenvalue weighted by Gasteiger charge is 2.24. The Labute approximate surface area is 164 Å². The zero-order valence-corrected chi connectivity index (χ0v) is 15.7. The molecule has 3 aromatic carbocycles. The standard InChI is InChI=1S/C20H12Cl2N2OS/c21-14-9-8-13(16(22)11-14)10-18-19(25)24-20(26-18)23-17-7-3-5-12-4-1-2-6-15(12)17/h1-11H,(H,23,24,25). The van der Waals surface area contributed by atoms with Gasteiger partial charge in [0.25, 0.3) is 5.91 Å². The first-order valence-corrected chi connectivity index (χ1v) is 9.40. The van der Waals surface area contributed by atoms with Crippen LogP contribution in [0.5, 0.6) is 0 Å². The molecule has 128 valence electrons. The highest BCUT2D eigenvalue weighted by atomic mass is 35.5. The Morgan fingerprint density at radius 1 is 1.00 bits per heavy atom. The second-order valence-electron chi connectivity index (χ2n) is 5.65. The average molecular weight is 399 g/mol. The van der Waals surface area contributed by atoms with Crippen LogP contribution in [0.2, 0.25) is 10.0 Å². The van der Waals surface area contributed by atoms with E-state index in [0.717, 1.165) is 22.0 Å². The van der Waals surface area contributed by atoms with Crippen LogP contribution in [-0.4, -0.2) is 11.1 Å². The molecule has 0 atom stereocenters. The number of hydrogen-bond donors (Lipinski definition) is 1. The molecule has 3 aromatic rings. The topological polar surface area (TPSA) is 41.5 Å². The lowest BCUT2D eigenvalue weighted by molar-refractivity contribution is -0.115. The van der Waals surface area contributed by atoms with Crippen LogP contribution in [0.25, 0.3) is 16.8 Å². The minimum atomic E-state index is -0.194. The third-order valence-electron chi connectivity index (χ3n) is 3.89. The number of amidine groups is 1. The summed E-state index contributed by atoms with van der Waals surface area (Å²) >= 11 is 13.4. The SMILES string of the molecule is O=C1NC(=Nc2cccc3ccccc23)SC1=Cc1ccc(Cl)cc1Cl. The molecule has 0 bridgehead atoms. The van der Waals surface area contributed by atoms with Crippen molar-refractivity contribution in [3.8, 4) is 0 Å². The molecule has 1 N–H and O–H groups in total. The Morgan fingerprint density at radius 2 is 1.81 bits per heavy atom. The number of nitrogens with zero attached hydrogens (tertiary/aromatic N) is 1. The van der Waals surface area contributed by atoms with Crippen molar-refractivity contribution < 1.29 is 4.79 Å². The Morgan fingerprint density at radius 3 is 2.65 bits per heavy atom. The molecule has 1 aliphatic heterocycles. The van der Waals surface area contributed by atoms with Crippen molar-refractivity contribution in [3.63, 3.8) is 0 Å². The van der Waals surface area contributed by atoms with Gasteiger partial charge in [0.15, 0.2) is 5.17 Å². The van der Waals surface area contributed by atoms with E-state index >= 15 is 0 Å². The fourth-order valence-electron chi connectivity index (χ4n) is 2.66. The highest BCUT2D eigenvalue weighted by molar-refractivity contribution is 8.18. The van der Waals surface area contributed by atoms with Gasteiger partial charge in [-0.2, -0.15) is 0 Å². The first-order chi connectivity index (χ1) is 12.6. The zero-order valence-electron chi connectivity index (χ0n) is 13.4. The molecule has 0 spiro atoms. The maximum atomic E-state index is 12.3. The molecule has 26 heavy (non-hydrogen) atoms. The van der Waals surface area contributed by atoms with E-state index in [1.54, 1.807) is 24.3 Å². The second-order valence-corrected chi connectivity index (χ2v) is 7.52. The van der Waals surface area contributed by atoms with Crippen molar-refractivity contribution in [2.24, 2.45) is 4.99 Å². The number of amides is 1. The molecule has 3 nitrogen and oxygen atoms in total. The number of fused-ring (bicyclic) bond motifs is 1. The molecule has 0 unspecified atom stereocenters. The monoisotopic (exact) mass is 398 g/mol. The number of thioether (sulfide) groups is 1. The Kier molecular flexibility index (Phi) is 4.72. The Balaban J connectivity index is 1.67. The van der Waals surface area contributed by atoms with Crippen LogP contribution < -0.4 is 5.32 Å². The van der Waals surface area contributed by atoms with Gasteiger partial charge in [0.2, 0.25) is 0 Å². The lowest BCUT2D eigenvalue weighted by atomic mass is 10.1. The molecule has 0 radical (unpaired) electrons. The largest absolute Gasteiger partial charge is 0.300 e. The van der Waals surface area contributed by atoms with Crippen molar-refractivity contribution in [2.45, 2.75) is 0 Å². The molecule has 0 saturated carbocycles. The number of carbonyl (C=O) groups is 1. The number of halogens is 2. The quantitative estimate of drug-likeness (QED) is 0.534. The van der Waals surface area contributed by atoms with Gasteiger partial charge >= 0.3 is 0 Å². The summed E-state index contributed by atoms with van der Waals surface area (Å²) in [6.45, 7) is 0. The maximum absolute atomic E-state index is 12.3. The fourth-order valence-corrected chi connectivity index (χ4v) is 3.94. The summed E-state index contributed by atoms with van der Waals surface area (Å²) in [4.78, 5) is 17.4. The third kappa shape index (κ3) is 3.49. The van der Waals surface area contributed by atoms with E-state index in [1.807, 2.05) is 42.5 Å². The number of rotatable bonds is 2. The normalized spacial score (nSPS) is 17.2. The third-order valence-corrected chi connectivity index (χ3v) is 5.36. The van der Waals surface area contributed by atoms with Crippen LogP contribution in [0.1, 0.15) is 5.56 Å². The number of carbonyl (C=O) groups excluding carboxylic acids is 1. The van der Waals surface area contributed by atoms with E-state index < -0.39 is 0 Å². The predicted octanol–water partition coefficient (Wildman–Crippen LogP) is 6.04. The van der Waals surface area contributed by atoms with Gasteiger partial charge in [-0.1, -0.05) is 65.7 Å². The average Bonchev–Trinajstić information content (AvgIpc) is 2.97. The van der Waals surface area contributed by atoms with Gasteiger partial charge in [-0.3, -0.25) is 4.79 Å². The summed E-state index contributed by atoms with van der Waals surface area (Å²) in [5.41, 5.74) is 1.55. The van der Waals surface area contributed by atoms with Crippen LogP contribution in [0.15, 0.2) is 70.6 Å². The minimum absolute atomic E-state index is 0.194. The summed E-state index contributed by atoms with van der Waals surface area (Å²) in [7, 11) is 0. The van der Waals surface area contributed by atoms with E-state index in [2.05, 4.69) is 10.3 Å². The van der Waals surface area contributed by atoms with E-state index in [-0.39, 0.29) is 5.91 Å². The second kappa shape index (κ2) is 7.16. The summed E-state index contributed by atoms with van der Waals surface area (Å²) in [5, 5.41) is 6.54. The van der Waals surface area contributed by atoms with Crippen LogP contribution in [0.3, 0.4) is 0 Å². The molecular weight excluding hydrogens is 387 g/mol. The molecule has 1 aliphatic rings. The number of aliphatic imine (C=N–C) groups is 1. The first-order valence-electron chi connectivity index (χ1n) is 7.82. The van der Waals surface area contributed by atoms with Crippen molar-refractivity contribution in [1.82, 2.24) is 5.32 Å². The summed E-state index contributed by atoms with van der Waals surface area (Å²) < 4.78 is 0.